The van der Waals surface area contributed by atoms with Gasteiger partial charge in [0.2, 0.25) is 5.91 Å². The van der Waals surface area contributed by atoms with Gasteiger partial charge in [0.1, 0.15) is 17.9 Å². The van der Waals surface area contributed by atoms with E-state index in [1.54, 1.807) is 6.20 Å². The van der Waals surface area contributed by atoms with Gasteiger partial charge in [0.05, 0.1) is 6.10 Å². The van der Waals surface area contributed by atoms with Crippen LogP contribution in [0.4, 0.5) is 0 Å². The Bertz CT molecular complexity index is 899. The molecular weight excluding hydrogens is 394 g/mol. The molecule has 3 aliphatic rings. The number of likely N-dealkylation sites (tertiary alicyclic amines) is 1. The predicted molar refractivity (Wildman–Crippen MR) is 116 cm³/mol. The first kappa shape index (κ1) is 20.5. The number of morpholine rings is 1. The molecule has 1 aliphatic carbocycles. The lowest BCUT2D eigenvalue weighted by Gasteiger charge is -2.38. The number of pyridine rings is 1. The molecule has 1 N–H and O–H groups in total. The van der Waals surface area contributed by atoms with Crippen molar-refractivity contribution in [2.24, 2.45) is 11.8 Å². The number of imidazole rings is 1. The van der Waals surface area contributed by atoms with Crippen molar-refractivity contribution in [1.82, 2.24) is 24.5 Å². The molecule has 5 rings (SSSR count). The molecule has 0 spiro atoms. The molecule has 1 unspecified atom stereocenters. The lowest BCUT2D eigenvalue weighted by atomic mass is 9.95. The summed E-state index contributed by atoms with van der Waals surface area (Å²) in [6.45, 7) is 5.36. The Morgan fingerprint density at radius 2 is 1.94 bits per heavy atom. The summed E-state index contributed by atoms with van der Waals surface area (Å²) in [5, 5.41) is 2.91. The summed E-state index contributed by atoms with van der Waals surface area (Å²) in [6, 6.07) is 5.65. The Hall–Kier alpha value is -2.45. The molecule has 0 bridgehead atoms. The summed E-state index contributed by atoms with van der Waals surface area (Å²) < 4.78 is 7.50. The summed E-state index contributed by atoms with van der Waals surface area (Å²) >= 11 is 0. The van der Waals surface area contributed by atoms with Crippen LogP contribution in [0.3, 0.4) is 0 Å². The van der Waals surface area contributed by atoms with Gasteiger partial charge in [-0.3, -0.25) is 9.59 Å². The van der Waals surface area contributed by atoms with Gasteiger partial charge in [0.15, 0.2) is 0 Å². The van der Waals surface area contributed by atoms with E-state index in [0.717, 1.165) is 44.0 Å². The third kappa shape index (κ3) is 5.07. The number of carbonyl (C=O) groups is 2. The molecule has 0 aromatic carbocycles. The second kappa shape index (κ2) is 8.96. The zero-order chi connectivity index (χ0) is 21.2. The van der Waals surface area contributed by atoms with Crippen LogP contribution in [-0.2, 0) is 9.53 Å². The number of carbonyl (C=O) groups excluding carboxylic acids is 2. The monoisotopic (exact) mass is 425 g/mol. The molecule has 3 fully saturated rings. The number of aromatic nitrogens is 2. The fraction of sp³-hybridized carbons (Fsp3) is 0.609. The first-order chi connectivity index (χ1) is 15.1. The summed E-state index contributed by atoms with van der Waals surface area (Å²) in [7, 11) is 0. The number of nitrogens with one attached hydrogen (secondary N) is 1. The summed E-state index contributed by atoms with van der Waals surface area (Å²) in [4.78, 5) is 33.8. The van der Waals surface area contributed by atoms with Gasteiger partial charge >= 0.3 is 0 Å². The lowest BCUT2D eigenvalue weighted by Crippen LogP contribution is -2.52. The van der Waals surface area contributed by atoms with E-state index in [9.17, 15) is 9.59 Å². The van der Waals surface area contributed by atoms with Gasteiger partial charge in [-0.05, 0) is 62.7 Å². The molecule has 2 amide bonds. The predicted octanol–water partition coefficient (Wildman–Crippen LogP) is 1.41. The zero-order valence-corrected chi connectivity index (χ0v) is 17.9. The summed E-state index contributed by atoms with van der Waals surface area (Å²) in [6.07, 6.45) is 8.52. The van der Waals surface area contributed by atoms with Gasteiger partial charge in [0, 0.05) is 38.6 Å². The molecule has 4 heterocycles. The second-order valence-corrected chi connectivity index (χ2v) is 9.22. The van der Waals surface area contributed by atoms with E-state index in [-0.39, 0.29) is 24.5 Å². The van der Waals surface area contributed by atoms with E-state index in [2.05, 4.69) is 15.2 Å². The molecule has 166 valence electrons. The van der Waals surface area contributed by atoms with Gasteiger partial charge in [-0.2, -0.15) is 0 Å². The minimum Gasteiger partial charge on any atom is -0.365 e. The highest BCUT2D eigenvalue weighted by Crippen LogP contribution is 2.31. The Kier molecular flexibility index (Phi) is 5.91. The van der Waals surface area contributed by atoms with Gasteiger partial charge in [-0.25, -0.2) is 4.98 Å². The molecule has 1 atom stereocenters. The van der Waals surface area contributed by atoms with Crippen molar-refractivity contribution in [1.29, 1.82) is 0 Å². The Balaban J connectivity index is 1.09. The van der Waals surface area contributed by atoms with Crippen LogP contribution in [0.5, 0.6) is 0 Å². The maximum atomic E-state index is 12.5. The normalized spacial score (nSPS) is 23.4. The smallest absolute Gasteiger partial charge is 0.271 e. The number of ether oxygens (including phenoxy) is 1. The minimum atomic E-state index is -0.223. The van der Waals surface area contributed by atoms with E-state index in [0.29, 0.717) is 24.7 Å². The highest BCUT2D eigenvalue weighted by Gasteiger charge is 2.31. The highest BCUT2D eigenvalue weighted by molar-refractivity contribution is 5.92. The Morgan fingerprint density at radius 3 is 2.71 bits per heavy atom. The van der Waals surface area contributed by atoms with Crippen molar-refractivity contribution in [3.63, 3.8) is 0 Å². The molecule has 0 radical (unpaired) electrons. The number of piperidine rings is 1. The van der Waals surface area contributed by atoms with Crippen molar-refractivity contribution in [2.75, 3.05) is 45.9 Å². The lowest BCUT2D eigenvalue weighted by molar-refractivity contribution is -0.149. The van der Waals surface area contributed by atoms with Crippen LogP contribution < -0.4 is 5.32 Å². The van der Waals surface area contributed by atoms with Crippen LogP contribution in [0.2, 0.25) is 0 Å². The molecule has 2 aromatic rings. The molecule has 2 saturated heterocycles. The van der Waals surface area contributed by atoms with E-state index >= 15 is 0 Å². The Labute approximate surface area is 182 Å². The Morgan fingerprint density at radius 1 is 1.13 bits per heavy atom. The van der Waals surface area contributed by atoms with Gasteiger partial charge < -0.3 is 24.3 Å². The van der Waals surface area contributed by atoms with E-state index in [1.807, 2.05) is 33.7 Å². The SMILES string of the molecule is O=C(NCC1CN(CC2CCN(CC3CC3)CC2)C(=O)CO1)c1cn2ccccc2n1. The molecule has 8 nitrogen and oxygen atoms in total. The van der Waals surface area contributed by atoms with Crippen molar-refractivity contribution in [2.45, 2.75) is 31.8 Å². The molecular formula is C23H31N5O3. The third-order valence-electron chi connectivity index (χ3n) is 6.71. The standard InChI is InChI=1S/C23H31N5O3/c29-22-16-31-19(11-24-23(30)20-15-27-8-2-1-3-21(27)25-20)14-28(22)13-18-6-9-26(10-7-18)12-17-4-5-17/h1-3,8,15,17-19H,4-7,9-14,16H2,(H,24,30). The van der Waals surface area contributed by atoms with E-state index in [1.165, 1.54) is 19.4 Å². The summed E-state index contributed by atoms with van der Waals surface area (Å²) in [5.41, 5.74) is 1.12. The van der Waals surface area contributed by atoms with Crippen molar-refractivity contribution in [3.8, 4) is 0 Å². The number of amides is 2. The molecule has 2 aromatic heterocycles. The maximum absolute atomic E-state index is 12.5. The van der Waals surface area contributed by atoms with Crippen LogP contribution in [0.15, 0.2) is 30.6 Å². The van der Waals surface area contributed by atoms with Gasteiger partial charge in [0.25, 0.3) is 5.91 Å². The number of nitrogens with zero attached hydrogens (tertiary/aromatic N) is 4. The number of rotatable bonds is 7. The molecule has 31 heavy (non-hydrogen) atoms. The van der Waals surface area contributed by atoms with Crippen molar-refractivity contribution < 1.29 is 14.3 Å². The average Bonchev–Trinajstić information content (AvgIpc) is 3.49. The fourth-order valence-electron chi connectivity index (χ4n) is 4.65. The first-order valence-electron chi connectivity index (χ1n) is 11.5. The second-order valence-electron chi connectivity index (χ2n) is 9.22. The van der Waals surface area contributed by atoms with Gasteiger partial charge in [-0.1, -0.05) is 6.07 Å². The topological polar surface area (TPSA) is 79.2 Å². The van der Waals surface area contributed by atoms with Crippen LogP contribution in [-0.4, -0.2) is 83.0 Å². The van der Waals surface area contributed by atoms with Crippen molar-refractivity contribution >= 4 is 17.5 Å². The first-order valence-corrected chi connectivity index (χ1v) is 11.5. The van der Waals surface area contributed by atoms with Crippen LogP contribution >= 0.6 is 0 Å². The van der Waals surface area contributed by atoms with E-state index in [4.69, 9.17) is 4.74 Å². The van der Waals surface area contributed by atoms with Crippen LogP contribution in [0.1, 0.15) is 36.2 Å². The third-order valence-corrected chi connectivity index (χ3v) is 6.71. The minimum absolute atomic E-state index is 0.0586. The fourth-order valence-corrected chi connectivity index (χ4v) is 4.65. The number of fused-ring (bicyclic) bond motifs is 1. The molecule has 1 saturated carbocycles. The summed E-state index contributed by atoms with van der Waals surface area (Å²) in [5.74, 6) is 1.33. The molecule has 2 aliphatic heterocycles. The van der Waals surface area contributed by atoms with Crippen molar-refractivity contribution in [3.05, 3.63) is 36.3 Å². The highest BCUT2D eigenvalue weighted by atomic mass is 16.5. The maximum Gasteiger partial charge on any atom is 0.271 e. The van der Waals surface area contributed by atoms with E-state index < -0.39 is 0 Å². The van der Waals surface area contributed by atoms with Crippen LogP contribution in [0, 0.1) is 11.8 Å². The average molecular weight is 426 g/mol. The zero-order valence-electron chi connectivity index (χ0n) is 17.9. The number of hydrogen-bond donors (Lipinski definition) is 1. The molecule has 8 heteroatoms. The quantitative estimate of drug-likeness (QED) is 0.726. The number of hydrogen-bond acceptors (Lipinski definition) is 5. The largest absolute Gasteiger partial charge is 0.365 e. The van der Waals surface area contributed by atoms with Crippen LogP contribution in [0.25, 0.3) is 5.65 Å². The van der Waals surface area contributed by atoms with Gasteiger partial charge in [-0.15, -0.1) is 0 Å².